The fourth-order valence-corrected chi connectivity index (χ4v) is 1.22. The summed E-state index contributed by atoms with van der Waals surface area (Å²) >= 11 is 0. The monoisotopic (exact) mass is 206 g/mol. The van der Waals surface area contributed by atoms with Gasteiger partial charge >= 0.3 is 0 Å². The smallest absolute Gasteiger partial charge is 0.172 e. The molecule has 0 aliphatic carbocycles. The van der Waals surface area contributed by atoms with E-state index in [1.807, 2.05) is 0 Å². The van der Waals surface area contributed by atoms with Crippen LogP contribution < -0.4 is 4.74 Å². The molecule has 0 aliphatic heterocycles. The van der Waals surface area contributed by atoms with Crippen LogP contribution in [0.5, 0.6) is 5.75 Å². The minimum atomic E-state index is -0.461. The summed E-state index contributed by atoms with van der Waals surface area (Å²) < 4.78 is 5.40. The molecule has 0 saturated carbocycles. The predicted octanol–water partition coefficient (Wildman–Crippen LogP) is 2.25. The highest BCUT2D eigenvalue weighted by Gasteiger charge is 2.11. The molecule has 0 aliphatic rings. The van der Waals surface area contributed by atoms with Gasteiger partial charge in [0, 0.05) is 12.0 Å². The summed E-state index contributed by atoms with van der Waals surface area (Å²) in [5, 5.41) is 0. The Balaban J connectivity index is 2.71. The Morgan fingerprint density at radius 3 is 2.87 bits per heavy atom. The van der Waals surface area contributed by atoms with E-state index >= 15 is 0 Å². The van der Waals surface area contributed by atoms with E-state index in [0.29, 0.717) is 17.7 Å². The van der Waals surface area contributed by atoms with Gasteiger partial charge in [0.1, 0.15) is 12.0 Å². The zero-order valence-corrected chi connectivity index (χ0v) is 8.90. The van der Waals surface area contributed by atoms with Crippen LogP contribution in [0.2, 0.25) is 0 Å². The van der Waals surface area contributed by atoms with Crippen molar-refractivity contribution < 1.29 is 14.3 Å². The minimum Gasteiger partial charge on any atom is -0.483 e. The average Bonchev–Trinajstić information content (AvgIpc) is 2.28. The van der Waals surface area contributed by atoms with Gasteiger partial charge < -0.3 is 4.74 Å². The molecule has 0 spiro atoms. The third-order valence-electron chi connectivity index (χ3n) is 2.11. The van der Waals surface area contributed by atoms with Gasteiger partial charge in [-0.3, -0.25) is 9.59 Å². The molecule has 1 atom stereocenters. The van der Waals surface area contributed by atoms with E-state index in [4.69, 9.17) is 4.74 Å². The van der Waals surface area contributed by atoms with Crippen LogP contribution in [0.15, 0.2) is 24.3 Å². The first-order valence-electron chi connectivity index (χ1n) is 4.92. The molecule has 0 aromatic heterocycles. The molecule has 0 bridgehead atoms. The van der Waals surface area contributed by atoms with E-state index in [9.17, 15) is 9.59 Å². The third-order valence-corrected chi connectivity index (χ3v) is 2.11. The summed E-state index contributed by atoms with van der Waals surface area (Å²) in [7, 11) is 0. The molecule has 0 N–H and O–H groups in total. The normalized spacial score (nSPS) is 11.9. The van der Waals surface area contributed by atoms with E-state index in [0.717, 1.165) is 6.29 Å². The maximum atomic E-state index is 11.3. The molecule has 1 aromatic carbocycles. The standard InChI is InChI=1S/C12H14O3/c1-3-12(14)9(2)15-11-6-4-5-10(7-11)8-13/h4-9H,3H2,1-2H3. The lowest BCUT2D eigenvalue weighted by Gasteiger charge is -2.12. The molecule has 1 rings (SSSR count). The largest absolute Gasteiger partial charge is 0.483 e. The second-order valence-corrected chi connectivity index (χ2v) is 3.27. The molecule has 3 heteroatoms. The highest BCUT2D eigenvalue weighted by atomic mass is 16.5. The summed E-state index contributed by atoms with van der Waals surface area (Å²) in [4.78, 5) is 21.8. The number of aldehydes is 1. The first kappa shape index (κ1) is 11.4. The van der Waals surface area contributed by atoms with E-state index in [1.54, 1.807) is 38.1 Å². The van der Waals surface area contributed by atoms with Crippen LogP contribution in [0.25, 0.3) is 0 Å². The van der Waals surface area contributed by atoms with Gasteiger partial charge in [0.2, 0.25) is 0 Å². The lowest BCUT2D eigenvalue weighted by Crippen LogP contribution is -2.22. The molecule has 0 radical (unpaired) electrons. The Kier molecular flexibility index (Phi) is 4.03. The quantitative estimate of drug-likeness (QED) is 0.694. The van der Waals surface area contributed by atoms with Crippen LogP contribution in [0.3, 0.4) is 0 Å². The van der Waals surface area contributed by atoms with Gasteiger partial charge in [-0.05, 0) is 19.1 Å². The average molecular weight is 206 g/mol. The van der Waals surface area contributed by atoms with Gasteiger partial charge in [-0.1, -0.05) is 19.1 Å². The van der Waals surface area contributed by atoms with Crippen LogP contribution >= 0.6 is 0 Å². The Morgan fingerprint density at radius 2 is 2.27 bits per heavy atom. The summed E-state index contributed by atoms with van der Waals surface area (Å²) in [6, 6.07) is 6.76. The Hall–Kier alpha value is -1.64. The van der Waals surface area contributed by atoms with Crippen LogP contribution in [0.1, 0.15) is 30.6 Å². The maximum Gasteiger partial charge on any atom is 0.172 e. The number of hydrogen-bond acceptors (Lipinski definition) is 3. The van der Waals surface area contributed by atoms with E-state index in [1.165, 1.54) is 0 Å². The van der Waals surface area contributed by atoms with E-state index in [-0.39, 0.29) is 5.78 Å². The zero-order valence-electron chi connectivity index (χ0n) is 8.90. The highest BCUT2D eigenvalue weighted by Crippen LogP contribution is 2.14. The molecule has 0 fully saturated rings. The van der Waals surface area contributed by atoms with Gasteiger partial charge in [-0.15, -0.1) is 0 Å². The molecule has 1 aromatic rings. The summed E-state index contributed by atoms with van der Waals surface area (Å²) in [5.41, 5.74) is 0.545. The number of benzene rings is 1. The van der Waals surface area contributed by atoms with Gasteiger partial charge in [0.05, 0.1) is 0 Å². The van der Waals surface area contributed by atoms with Crippen LogP contribution in [0.4, 0.5) is 0 Å². The number of rotatable bonds is 5. The van der Waals surface area contributed by atoms with Gasteiger partial charge in [0.15, 0.2) is 11.9 Å². The number of ether oxygens (including phenoxy) is 1. The van der Waals surface area contributed by atoms with E-state index in [2.05, 4.69) is 0 Å². The van der Waals surface area contributed by atoms with Gasteiger partial charge in [-0.25, -0.2) is 0 Å². The predicted molar refractivity (Wildman–Crippen MR) is 57.2 cm³/mol. The minimum absolute atomic E-state index is 0.0477. The van der Waals surface area contributed by atoms with Crippen molar-refractivity contribution >= 4 is 12.1 Å². The van der Waals surface area contributed by atoms with Crippen LogP contribution in [-0.4, -0.2) is 18.2 Å². The molecule has 0 heterocycles. The van der Waals surface area contributed by atoms with Crippen molar-refractivity contribution in [2.24, 2.45) is 0 Å². The summed E-state index contributed by atoms with van der Waals surface area (Å²) in [6.07, 6.45) is 0.741. The number of Topliss-reactive ketones (excluding diaryl/α,β-unsaturated/α-hetero) is 1. The summed E-state index contributed by atoms with van der Waals surface area (Å²) in [5.74, 6) is 0.598. The zero-order chi connectivity index (χ0) is 11.3. The lowest BCUT2D eigenvalue weighted by molar-refractivity contribution is -0.124. The topological polar surface area (TPSA) is 43.4 Å². The Labute approximate surface area is 89.1 Å². The van der Waals surface area contributed by atoms with Crippen molar-refractivity contribution in [2.45, 2.75) is 26.4 Å². The van der Waals surface area contributed by atoms with Crippen molar-refractivity contribution in [1.82, 2.24) is 0 Å². The highest BCUT2D eigenvalue weighted by molar-refractivity contribution is 5.82. The molecular weight excluding hydrogens is 192 g/mol. The number of carbonyl (C=O) groups is 2. The van der Waals surface area contributed by atoms with Crippen molar-refractivity contribution in [3.05, 3.63) is 29.8 Å². The molecule has 1 unspecified atom stereocenters. The number of carbonyl (C=O) groups excluding carboxylic acids is 2. The summed E-state index contributed by atoms with van der Waals surface area (Å²) in [6.45, 7) is 3.50. The van der Waals surface area contributed by atoms with Crippen molar-refractivity contribution in [1.29, 1.82) is 0 Å². The molecule has 15 heavy (non-hydrogen) atoms. The third kappa shape index (κ3) is 3.20. The fraction of sp³-hybridized carbons (Fsp3) is 0.333. The SMILES string of the molecule is CCC(=O)C(C)Oc1cccc(C=O)c1. The molecule has 3 nitrogen and oxygen atoms in total. The maximum absolute atomic E-state index is 11.3. The number of hydrogen-bond donors (Lipinski definition) is 0. The van der Waals surface area contributed by atoms with Gasteiger partial charge in [-0.2, -0.15) is 0 Å². The van der Waals surface area contributed by atoms with E-state index < -0.39 is 6.10 Å². The van der Waals surface area contributed by atoms with Crippen molar-refractivity contribution in [2.75, 3.05) is 0 Å². The Bertz CT molecular complexity index is 358. The molecular formula is C12H14O3. The fourth-order valence-electron chi connectivity index (χ4n) is 1.22. The van der Waals surface area contributed by atoms with Gasteiger partial charge in [0.25, 0.3) is 0 Å². The molecule has 0 saturated heterocycles. The second-order valence-electron chi connectivity index (χ2n) is 3.27. The molecule has 80 valence electrons. The first-order chi connectivity index (χ1) is 7.17. The second kappa shape index (κ2) is 5.29. The van der Waals surface area contributed by atoms with Crippen molar-refractivity contribution in [3.8, 4) is 5.75 Å². The molecule has 0 amide bonds. The van der Waals surface area contributed by atoms with Crippen molar-refractivity contribution in [3.63, 3.8) is 0 Å². The Morgan fingerprint density at radius 1 is 1.53 bits per heavy atom. The number of ketones is 1. The lowest BCUT2D eigenvalue weighted by atomic mass is 10.2. The first-order valence-corrected chi connectivity index (χ1v) is 4.92. The van der Waals surface area contributed by atoms with Crippen LogP contribution in [0, 0.1) is 0 Å². The van der Waals surface area contributed by atoms with Crippen LogP contribution in [-0.2, 0) is 4.79 Å².